The molecule has 0 unspecified atom stereocenters. The van der Waals surface area contributed by atoms with Gasteiger partial charge in [0.05, 0.1) is 6.54 Å². The molecule has 0 saturated heterocycles. The van der Waals surface area contributed by atoms with Gasteiger partial charge in [-0.05, 0) is 32.0 Å². The molecule has 1 aliphatic carbocycles. The van der Waals surface area contributed by atoms with Gasteiger partial charge in [0.15, 0.2) is 5.76 Å². The number of ketones is 1. The van der Waals surface area contributed by atoms with Gasteiger partial charge in [-0.15, -0.1) is 0 Å². The maximum Gasteiger partial charge on any atom is 0.211 e. The van der Waals surface area contributed by atoms with Crippen LogP contribution >= 0.6 is 0 Å². The van der Waals surface area contributed by atoms with Crippen LogP contribution < -0.4 is 0 Å². The van der Waals surface area contributed by atoms with E-state index < -0.39 is 0 Å². The Labute approximate surface area is 106 Å². The lowest BCUT2D eigenvalue weighted by molar-refractivity contribution is 0.0846. The van der Waals surface area contributed by atoms with Crippen molar-refractivity contribution in [1.29, 1.82) is 0 Å². The Bertz CT molecular complexity index is 536. The molecule has 3 heteroatoms. The van der Waals surface area contributed by atoms with Crippen LogP contribution in [-0.4, -0.2) is 30.3 Å². The van der Waals surface area contributed by atoms with E-state index in [1.54, 1.807) is 0 Å². The summed E-state index contributed by atoms with van der Waals surface area (Å²) in [6.45, 7) is 0.449. The number of likely N-dealkylation sites (N-methyl/N-ethyl adjacent to an activating group) is 1. The highest BCUT2D eigenvalue weighted by molar-refractivity contribution is 5.98. The zero-order valence-corrected chi connectivity index (χ0v) is 10.6. The predicted molar refractivity (Wildman–Crippen MR) is 70.8 cm³/mol. The van der Waals surface area contributed by atoms with Crippen LogP contribution in [0.25, 0.3) is 11.0 Å². The highest BCUT2D eigenvalue weighted by Gasteiger charge is 2.24. The lowest BCUT2D eigenvalue weighted by atomic mass is 9.92. The molecule has 0 amide bonds. The molecule has 1 aromatic heterocycles. The molecule has 1 fully saturated rings. The number of furan rings is 1. The van der Waals surface area contributed by atoms with Crippen LogP contribution in [0.2, 0.25) is 0 Å². The molecule has 2 aromatic rings. The molecule has 3 rings (SSSR count). The Morgan fingerprint density at radius 2 is 2.17 bits per heavy atom. The number of benzene rings is 1. The average Bonchev–Trinajstić information content (AvgIpc) is 2.69. The fourth-order valence-electron chi connectivity index (χ4n) is 2.38. The molecule has 0 aliphatic heterocycles. The van der Waals surface area contributed by atoms with Crippen LogP contribution in [0.3, 0.4) is 0 Å². The average molecular weight is 243 g/mol. The zero-order chi connectivity index (χ0) is 12.5. The van der Waals surface area contributed by atoms with Crippen molar-refractivity contribution in [2.24, 2.45) is 0 Å². The van der Waals surface area contributed by atoms with Crippen LogP contribution in [0.15, 0.2) is 34.7 Å². The van der Waals surface area contributed by atoms with Gasteiger partial charge in [0.2, 0.25) is 5.78 Å². The van der Waals surface area contributed by atoms with Gasteiger partial charge in [-0.25, -0.2) is 0 Å². The molecule has 1 aromatic carbocycles. The fourth-order valence-corrected chi connectivity index (χ4v) is 2.38. The smallest absolute Gasteiger partial charge is 0.211 e. The molecule has 0 bridgehead atoms. The van der Waals surface area contributed by atoms with Gasteiger partial charge in [0, 0.05) is 11.4 Å². The minimum absolute atomic E-state index is 0.0700. The fraction of sp³-hybridized carbons (Fsp3) is 0.400. The molecule has 1 aliphatic rings. The van der Waals surface area contributed by atoms with E-state index in [0.29, 0.717) is 18.3 Å². The minimum Gasteiger partial charge on any atom is -0.453 e. The summed E-state index contributed by atoms with van der Waals surface area (Å²) >= 11 is 0. The first-order valence-corrected chi connectivity index (χ1v) is 6.46. The van der Waals surface area contributed by atoms with E-state index in [0.717, 1.165) is 11.0 Å². The van der Waals surface area contributed by atoms with Crippen LogP contribution in [0, 0.1) is 0 Å². The number of Topliss-reactive ketones (excluding diaryl/α,β-unsaturated/α-hetero) is 1. The van der Waals surface area contributed by atoms with Crippen molar-refractivity contribution in [1.82, 2.24) is 4.90 Å². The van der Waals surface area contributed by atoms with Gasteiger partial charge in [-0.1, -0.05) is 24.6 Å². The number of hydrogen-bond donors (Lipinski definition) is 0. The maximum atomic E-state index is 12.1. The number of rotatable bonds is 4. The van der Waals surface area contributed by atoms with Gasteiger partial charge < -0.3 is 4.42 Å². The van der Waals surface area contributed by atoms with E-state index in [1.807, 2.05) is 37.4 Å². The highest BCUT2D eigenvalue weighted by atomic mass is 16.3. The third kappa shape index (κ3) is 2.06. The van der Waals surface area contributed by atoms with Crippen molar-refractivity contribution in [3.05, 3.63) is 36.1 Å². The molecule has 18 heavy (non-hydrogen) atoms. The summed E-state index contributed by atoms with van der Waals surface area (Å²) in [5.74, 6) is 0.544. The largest absolute Gasteiger partial charge is 0.453 e. The highest BCUT2D eigenvalue weighted by Crippen LogP contribution is 2.24. The first-order chi connectivity index (χ1) is 8.74. The van der Waals surface area contributed by atoms with Crippen LogP contribution in [-0.2, 0) is 0 Å². The molecule has 0 spiro atoms. The van der Waals surface area contributed by atoms with Crippen molar-refractivity contribution in [3.63, 3.8) is 0 Å². The summed E-state index contributed by atoms with van der Waals surface area (Å²) in [5.41, 5.74) is 0.784. The minimum atomic E-state index is 0.0700. The Kier molecular flexibility index (Phi) is 2.92. The molecule has 94 valence electrons. The van der Waals surface area contributed by atoms with Crippen LogP contribution in [0.5, 0.6) is 0 Å². The molecule has 3 nitrogen and oxygen atoms in total. The van der Waals surface area contributed by atoms with Gasteiger partial charge in [-0.3, -0.25) is 9.69 Å². The van der Waals surface area contributed by atoms with Crippen LogP contribution in [0.1, 0.15) is 29.8 Å². The number of nitrogens with zero attached hydrogens (tertiary/aromatic N) is 1. The van der Waals surface area contributed by atoms with Gasteiger partial charge in [0.25, 0.3) is 0 Å². The van der Waals surface area contributed by atoms with E-state index >= 15 is 0 Å². The van der Waals surface area contributed by atoms with E-state index in [-0.39, 0.29) is 5.78 Å². The van der Waals surface area contributed by atoms with Crippen molar-refractivity contribution < 1.29 is 9.21 Å². The van der Waals surface area contributed by atoms with Crippen molar-refractivity contribution >= 4 is 16.8 Å². The third-order valence-corrected chi connectivity index (χ3v) is 3.79. The molecule has 0 radical (unpaired) electrons. The lowest BCUT2D eigenvalue weighted by Gasteiger charge is -2.33. The number of carbonyl (C=O) groups is 1. The number of para-hydroxylation sites is 1. The molecular weight excluding hydrogens is 226 g/mol. The summed E-state index contributed by atoms with van der Waals surface area (Å²) in [7, 11) is 2.02. The van der Waals surface area contributed by atoms with E-state index in [4.69, 9.17) is 4.42 Å². The molecule has 1 saturated carbocycles. The summed E-state index contributed by atoms with van der Waals surface area (Å²) in [5, 5.41) is 0.993. The van der Waals surface area contributed by atoms with Gasteiger partial charge in [-0.2, -0.15) is 0 Å². The predicted octanol–water partition coefficient (Wildman–Crippen LogP) is 3.10. The quantitative estimate of drug-likeness (QED) is 0.774. The molecule has 1 heterocycles. The normalized spacial score (nSPS) is 16.1. The summed E-state index contributed by atoms with van der Waals surface area (Å²) < 4.78 is 5.59. The topological polar surface area (TPSA) is 33.5 Å². The van der Waals surface area contributed by atoms with Gasteiger partial charge in [0.1, 0.15) is 5.58 Å². The molecule has 0 N–H and O–H groups in total. The standard InChI is InChI=1S/C15H17NO2/c1-16(12-6-4-7-12)10-13(17)15-9-11-5-2-3-8-14(11)18-15/h2-3,5,8-9,12H,4,6-7,10H2,1H3. The summed E-state index contributed by atoms with van der Waals surface area (Å²) in [6, 6.07) is 10.1. The first kappa shape index (κ1) is 11.5. The number of hydrogen-bond acceptors (Lipinski definition) is 3. The molecular formula is C15H17NO2. The van der Waals surface area contributed by atoms with Crippen molar-refractivity contribution in [3.8, 4) is 0 Å². The number of fused-ring (bicyclic) bond motifs is 1. The third-order valence-electron chi connectivity index (χ3n) is 3.79. The van der Waals surface area contributed by atoms with E-state index in [1.165, 1.54) is 19.3 Å². The maximum absolute atomic E-state index is 12.1. The Morgan fingerprint density at radius 3 is 2.83 bits per heavy atom. The van der Waals surface area contributed by atoms with E-state index in [9.17, 15) is 4.79 Å². The monoisotopic (exact) mass is 243 g/mol. The summed E-state index contributed by atoms with van der Waals surface area (Å²) in [6.07, 6.45) is 3.71. The zero-order valence-electron chi connectivity index (χ0n) is 10.6. The SMILES string of the molecule is CN(CC(=O)c1cc2ccccc2o1)C1CCC1. The lowest BCUT2D eigenvalue weighted by Crippen LogP contribution is -2.40. The van der Waals surface area contributed by atoms with Crippen molar-refractivity contribution in [2.75, 3.05) is 13.6 Å². The summed E-state index contributed by atoms with van der Waals surface area (Å²) in [4.78, 5) is 14.3. The van der Waals surface area contributed by atoms with Crippen LogP contribution in [0.4, 0.5) is 0 Å². The number of carbonyl (C=O) groups excluding carboxylic acids is 1. The molecule has 0 atom stereocenters. The van der Waals surface area contributed by atoms with Gasteiger partial charge >= 0.3 is 0 Å². The second-order valence-corrected chi connectivity index (χ2v) is 5.07. The Hall–Kier alpha value is -1.61. The second kappa shape index (κ2) is 4.58. The second-order valence-electron chi connectivity index (χ2n) is 5.07. The first-order valence-electron chi connectivity index (χ1n) is 6.46. The Balaban J connectivity index is 1.74. The van der Waals surface area contributed by atoms with E-state index in [2.05, 4.69) is 4.90 Å². The van der Waals surface area contributed by atoms with Crippen molar-refractivity contribution in [2.45, 2.75) is 25.3 Å². The Morgan fingerprint density at radius 1 is 1.39 bits per heavy atom.